The highest BCUT2D eigenvalue weighted by Gasteiger charge is 2.00. The molecule has 0 saturated carbocycles. The molecule has 0 heterocycles. The zero-order chi connectivity index (χ0) is 11.2. The highest BCUT2D eigenvalue weighted by Crippen LogP contribution is 2.15. The lowest BCUT2D eigenvalue weighted by Crippen LogP contribution is -1.88. The van der Waals surface area contributed by atoms with Gasteiger partial charge in [0.15, 0.2) is 0 Å². The van der Waals surface area contributed by atoms with E-state index in [1.165, 1.54) is 0 Å². The molecule has 0 aromatic rings. The molecular formula is C15H14O. The normalized spacial score (nSPS) is 22.4. The summed E-state index contributed by atoms with van der Waals surface area (Å²) in [5.74, 6) is 2.13. The van der Waals surface area contributed by atoms with Crippen molar-refractivity contribution in [1.82, 2.24) is 0 Å². The summed E-state index contributed by atoms with van der Waals surface area (Å²) in [6.45, 7) is 2.14. The fourth-order valence-corrected chi connectivity index (χ4v) is 1.40. The molecule has 0 N–H and O–H groups in total. The van der Waals surface area contributed by atoms with E-state index in [0.717, 1.165) is 11.5 Å². The van der Waals surface area contributed by atoms with E-state index in [9.17, 15) is 0 Å². The van der Waals surface area contributed by atoms with E-state index in [2.05, 4.69) is 24.8 Å². The van der Waals surface area contributed by atoms with Gasteiger partial charge < -0.3 is 4.74 Å². The molecule has 0 aromatic heterocycles. The van der Waals surface area contributed by atoms with Crippen LogP contribution in [-0.4, -0.2) is 0 Å². The molecule has 16 heavy (non-hydrogen) atoms. The Morgan fingerprint density at radius 2 is 1.88 bits per heavy atom. The van der Waals surface area contributed by atoms with Gasteiger partial charge in [-0.15, -0.1) is 5.73 Å². The molecule has 0 aliphatic heterocycles. The van der Waals surface area contributed by atoms with Crippen LogP contribution in [0.15, 0.2) is 78.0 Å². The van der Waals surface area contributed by atoms with Crippen molar-refractivity contribution in [1.29, 1.82) is 0 Å². The molecule has 0 spiro atoms. The summed E-state index contributed by atoms with van der Waals surface area (Å²) in [4.78, 5) is 0. The minimum absolute atomic E-state index is 0.456. The minimum Gasteiger partial charge on any atom is -0.457 e. The molecule has 2 aliphatic carbocycles. The van der Waals surface area contributed by atoms with Gasteiger partial charge in [0.25, 0.3) is 0 Å². The Bertz CT molecular complexity index is 464. The zero-order valence-electron chi connectivity index (χ0n) is 9.26. The predicted molar refractivity (Wildman–Crippen MR) is 66.5 cm³/mol. The van der Waals surface area contributed by atoms with Crippen molar-refractivity contribution >= 4 is 0 Å². The van der Waals surface area contributed by atoms with Crippen LogP contribution in [-0.2, 0) is 4.74 Å². The molecule has 1 heteroatoms. The molecule has 2 rings (SSSR count). The summed E-state index contributed by atoms with van der Waals surface area (Å²) in [6, 6.07) is 0. The van der Waals surface area contributed by atoms with E-state index >= 15 is 0 Å². The Kier molecular flexibility index (Phi) is 3.42. The van der Waals surface area contributed by atoms with Crippen LogP contribution in [0.5, 0.6) is 0 Å². The quantitative estimate of drug-likeness (QED) is 0.630. The molecule has 0 bridgehead atoms. The van der Waals surface area contributed by atoms with Crippen LogP contribution in [0.1, 0.15) is 6.92 Å². The average molecular weight is 210 g/mol. The lowest BCUT2D eigenvalue weighted by molar-refractivity contribution is 0.336. The van der Waals surface area contributed by atoms with Crippen LogP contribution < -0.4 is 0 Å². The topological polar surface area (TPSA) is 9.23 Å². The van der Waals surface area contributed by atoms with Crippen LogP contribution in [0.25, 0.3) is 0 Å². The van der Waals surface area contributed by atoms with E-state index in [0.29, 0.717) is 5.92 Å². The maximum atomic E-state index is 5.75. The maximum Gasteiger partial charge on any atom is 0.128 e. The standard InChI is InChI=1S/C15H14O/c1-13-7-6-10-15(12-11-13)16-14-8-4-2-3-5-9-14/h2,4-13H,1H3. The largest absolute Gasteiger partial charge is 0.457 e. The van der Waals surface area contributed by atoms with E-state index in [1.54, 1.807) is 0 Å². The Morgan fingerprint density at radius 3 is 2.81 bits per heavy atom. The van der Waals surface area contributed by atoms with Gasteiger partial charge in [-0.3, -0.25) is 0 Å². The summed E-state index contributed by atoms with van der Waals surface area (Å²) in [6.07, 6.45) is 19.7. The summed E-state index contributed by atoms with van der Waals surface area (Å²) >= 11 is 0. The Labute approximate surface area is 96.1 Å². The molecular weight excluding hydrogens is 196 g/mol. The van der Waals surface area contributed by atoms with Crippen molar-refractivity contribution in [3.63, 3.8) is 0 Å². The first-order chi connectivity index (χ1) is 7.84. The van der Waals surface area contributed by atoms with Crippen LogP contribution >= 0.6 is 0 Å². The van der Waals surface area contributed by atoms with Crippen molar-refractivity contribution in [3.8, 4) is 0 Å². The van der Waals surface area contributed by atoms with Crippen LogP contribution in [0.3, 0.4) is 0 Å². The fourth-order valence-electron chi connectivity index (χ4n) is 1.40. The molecule has 0 saturated heterocycles. The van der Waals surface area contributed by atoms with Gasteiger partial charge in [-0.25, -0.2) is 0 Å². The summed E-state index contributed by atoms with van der Waals surface area (Å²) in [5, 5.41) is 0. The second kappa shape index (κ2) is 5.20. The third-order valence-electron chi connectivity index (χ3n) is 2.27. The van der Waals surface area contributed by atoms with Gasteiger partial charge in [0, 0.05) is 0 Å². The summed E-state index contributed by atoms with van der Waals surface area (Å²) < 4.78 is 5.75. The zero-order valence-corrected chi connectivity index (χ0v) is 9.26. The van der Waals surface area contributed by atoms with Gasteiger partial charge in [0.2, 0.25) is 0 Å². The van der Waals surface area contributed by atoms with Gasteiger partial charge in [0.05, 0.1) is 0 Å². The second-order valence-corrected chi connectivity index (χ2v) is 3.70. The lowest BCUT2D eigenvalue weighted by Gasteiger charge is -2.05. The van der Waals surface area contributed by atoms with Crippen molar-refractivity contribution in [2.45, 2.75) is 6.92 Å². The number of ether oxygens (including phenoxy) is 1. The second-order valence-electron chi connectivity index (χ2n) is 3.70. The van der Waals surface area contributed by atoms with E-state index < -0.39 is 0 Å². The Hall–Kier alpha value is -1.98. The Balaban J connectivity index is 2.08. The molecule has 80 valence electrons. The number of rotatable bonds is 2. The molecule has 0 amide bonds. The first-order valence-corrected chi connectivity index (χ1v) is 5.38. The SMILES string of the molecule is CC1C=CC=C(OC2=CC=C=CC=C2)C=C1. The summed E-state index contributed by atoms with van der Waals surface area (Å²) in [5.41, 5.74) is 2.99. The molecule has 0 aromatic carbocycles. The van der Waals surface area contributed by atoms with Gasteiger partial charge in [-0.2, -0.15) is 0 Å². The molecule has 1 unspecified atom stereocenters. The minimum atomic E-state index is 0.456. The van der Waals surface area contributed by atoms with E-state index in [1.807, 2.05) is 48.6 Å². The van der Waals surface area contributed by atoms with Crippen LogP contribution in [0.2, 0.25) is 0 Å². The number of hydrogen-bond donors (Lipinski definition) is 0. The van der Waals surface area contributed by atoms with Crippen LogP contribution in [0, 0.1) is 5.92 Å². The monoisotopic (exact) mass is 210 g/mol. The first kappa shape index (κ1) is 10.5. The van der Waals surface area contributed by atoms with E-state index in [4.69, 9.17) is 4.74 Å². The molecule has 1 atom stereocenters. The highest BCUT2D eigenvalue weighted by atomic mass is 16.5. The van der Waals surface area contributed by atoms with Gasteiger partial charge >= 0.3 is 0 Å². The van der Waals surface area contributed by atoms with Crippen molar-refractivity contribution in [2.75, 3.05) is 0 Å². The van der Waals surface area contributed by atoms with Gasteiger partial charge in [0.1, 0.15) is 11.5 Å². The number of hydrogen-bond acceptors (Lipinski definition) is 1. The highest BCUT2D eigenvalue weighted by molar-refractivity contribution is 5.30. The third kappa shape index (κ3) is 3.01. The molecule has 0 radical (unpaired) electrons. The maximum absolute atomic E-state index is 5.75. The van der Waals surface area contributed by atoms with Gasteiger partial charge in [-0.1, -0.05) is 31.2 Å². The van der Waals surface area contributed by atoms with Crippen molar-refractivity contribution < 1.29 is 4.74 Å². The molecule has 0 fully saturated rings. The summed E-state index contributed by atoms with van der Waals surface area (Å²) in [7, 11) is 0. The van der Waals surface area contributed by atoms with Crippen molar-refractivity contribution in [2.24, 2.45) is 5.92 Å². The van der Waals surface area contributed by atoms with Crippen LogP contribution in [0.4, 0.5) is 0 Å². The molecule has 2 aliphatic rings. The van der Waals surface area contributed by atoms with E-state index in [-0.39, 0.29) is 0 Å². The average Bonchev–Trinajstić information content (AvgIpc) is 2.63. The van der Waals surface area contributed by atoms with Crippen molar-refractivity contribution in [3.05, 3.63) is 78.0 Å². The molecule has 1 nitrogen and oxygen atoms in total. The first-order valence-electron chi connectivity index (χ1n) is 5.38. The number of allylic oxidation sites excluding steroid dienone is 9. The predicted octanol–water partition coefficient (Wildman–Crippen LogP) is 3.81. The van der Waals surface area contributed by atoms with Gasteiger partial charge in [-0.05, 0) is 42.4 Å². The fraction of sp³-hybridized carbons (Fsp3) is 0.133. The Morgan fingerprint density at radius 1 is 1.00 bits per heavy atom. The third-order valence-corrected chi connectivity index (χ3v) is 2.27. The lowest BCUT2D eigenvalue weighted by atomic mass is 10.2. The smallest absolute Gasteiger partial charge is 0.128 e.